The van der Waals surface area contributed by atoms with E-state index in [0.717, 1.165) is 5.69 Å². The van der Waals surface area contributed by atoms with Crippen molar-refractivity contribution in [1.82, 2.24) is 4.98 Å². The molecule has 0 radical (unpaired) electrons. The van der Waals surface area contributed by atoms with Gasteiger partial charge in [0, 0.05) is 24.2 Å². The van der Waals surface area contributed by atoms with E-state index in [1.807, 2.05) is 24.0 Å². The van der Waals surface area contributed by atoms with Gasteiger partial charge >= 0.3 is 0 Å². The van der Waals surface area contributed by atoms with Crippen molar-refractivity contribution in [3.63, 3.8) is 0 Å². The summed E-state index contributed by atoms with van der Waals surface area (Å²) in [5.41, 5.74) is 1.14. The Hall–Kier alpha value is -0.700. The summed E-state index contributed by atoms with van der Waals surface area (Å²) in [7, 11) is 0. The maximum absolute atomic E-state index is 4.06. The van der Waals surface area contributed by atoms with Crippen LogP contribution in [0.5, 0.6) is 0 Å². The van der Waals surface area contributed by atoms with E-state index in [4.69, 9.17) is 0 Å². The molecule has 3 heteroatoms. The van der Waals surface area contributed by atoms with Crippen LogP contribution < -0.4 is 5.32 Å². The first-order valence-corrected chi connectivity index (χ1v) is 5.35. The van der Waals surface area contributed by atoms with Crippen LogP contribution in [-0.2, 0) is 0 Å². The molecule has 1 N–H and O–H groups in total. The van der Waals surface area contributed by atoms with Crippen molar-refractivity contribution in [1.29, 1.82) is 0 Å². The highest BCUT2D eigenvalue weighted by atomic mass is 32.2. The third-order valence-corrected chi connectivity index (χ3v) is 3.12. The van der Waals surface area contributed by atoms with Crippen molar-refractivity contribution >= 4 is 17.4 Å². The van der Waals surface area contributed by atoms with Crippen molar-refractivity contribution in [2.45, 2.75) is 12.5 Å². The summed E-state index contributed by atoms with van der Waals surface area (Å²) in [6.45, 7) is 0. The first kappa shape index (κ1) is 7.92. The Kier molecular flexibility index (Phi) is 2.51. The fourth-order valence-corrected chi connectivity index (χ4v) is 2.48. The number of nitrogens with zero attached hydrogens (tertiary/aromatic N) is 1. The van der Waals surface area contributed by atoms with Gasteiger partial charge in [-0.3, -0.25) is 4.98 Å². The van der Waals surface area contributed by atoms with Crippen LogP contribution in [0, 0.1) is 0 Å². The molecule has 2 heterocycles. The van der Waals surface area contributed by atoms with Gasteiger partial charge in [-0.25, -0.2) is 0 Å². The normalized spacial score (nSPS) is 22.5. The molecule has 1 saturated heterocycles. The van der Waals surface area contributed by atoms with Gasteiger partial charge < -0.3 is 5.32 Å². The van der Waals surface area contributed by atoms with Crippen molar-refractivity contribution < 1.29 is 0 Å². The second-order valence-electron chi connectivity index (χ2n) is 2.95. The Morgan fingerprint density at radius 3 is 3.25 bits per heavy atom. The Balaban J connectivity index is 1.94. The van der Waals surface area contributed by atoms with E-state index in [2.05, 4.69) is 16.4 Å². The number of hydrogen-bond acceptors (Lipinski definition) is 3. The molecular weight excluding hydrogens is 168 g/mol. The lowest BCUT2D eigenvalue weighted by molar-refractivity contribution is 0.812. The summed E-state index contributed by atoms with van der Waals surface area (Å²) in [4.78, 5) is 4.06. The highest BCUT2D eigenvalue weighted by Crippen LogP contribution is 2.20. The molecule has 0 aliphatic carbocycles. The summed E-state index contributed by atoms with van der Waals surface area (Å²) in [6.07, 6.45) is 4.96. The van der Waals surface area contributed by atoms with E-state index in [1.54, 1.807) is 6.20 Å². The van der Waals surface area contributed by atoms with Gasteiger partial charge in [0.15, 0.2) is 0 Å². The zero-order valence-electron chi connectivity index (χ0n) is 6.86. The molecule has 64 valence electrons. The predicted octanol–water partition coefficient (Wildman–Crippen LogP) is 2.00. The minimum Gasteiger partial charge on any atom is -0.380 e. The van der Waals surface area contributed by atoms with E-state index in [1.165, 1.54) is 17.9 Å². The minimum absolute atomic E-state index is 0.652. The van der Waals surface area contributed by atoms with Crippen LogP contribution >= 0.6 is 11.8 Å². The molecule has 0 aromatic carbocycles. The lowest BCUT2D eigenvalue weighted by Crippen LogP contribution is -2.17. The Morgan fingerprint density at radius 1 is 1.58 bits per heavy atom. The molecule has 1 aliphatic heterocycles. The second-order valence-corrected chi connectivity index (χ2v) is 4.10. The summed E-state index contributed by atoms with van der Waals surface area (Å²) >= 11 is 2.02. The lowest BCUT2D eigenvalue weighted by atomic mass is 10.2. The molecule has 1 unspecified atom stereocenters. The molecular formula is C9H12N2S. The number of rotatable bonds is 2. The zero-order chi connectivity index (χ0) is 8.23. The molecule has 12 heavy (non-hydrogen) atoms. The van der Waals surface area contributed by atoms with Crippen molar-refractivity contribution in [2.75, 3.05) is 16.8 Å². The maximum atomic E-state index is 4.06. The molecule has 2 nitrogen and oxygen atoms in total. The largest absolute Gasteiger partial charge is 0.380 e. The van der Waals surface area contributed by atoms with Gasteiger partial charge in [0.1, 0.15) is 0 Å². The SMILES string of the molecule is c1cncc(NC2CCSC2)c1. The summed E-state index contributed by atoms with van der Waals surface area (Å²) < 4.78 is 0. The van der Waals surface area contributed by atoms with E-state index in [9.17, 15) is 0 Å². The molecule has 0 saturated carbocycles. The Labute approximate surface area is 76.8 Å². The number of pyridine rings is 1. The van der Waals surface area contributed by atoms with Gasteiger partial charge in [-0.05, 0) is 24.3 Å². The fraction of sp³-hybridized carbons (Fsp3) is 0.444. The lowest BCUT2D eigenvalue weighted by Gasteiger charge is -2.11. The highest BCUT2D eigenvalue weighted by Gasteiger charge is 2.14. The standard InChI is InChI=1S/C9H12N2S/c1-2-8(6-10-4-1)11-9-3-5-12-7-9/h1-2,4,6,9,11H,3,5,7H2. The third kappa shape index (κ3) is 1.91. The van der Waals surface area contributed by atoms with E-state index >= 15 is 0 Å². The smallest absolute Gasteiger partial charge is 0.0529 e. The molecule has 2 rings (SSSR count). The van der Waals surface area contributed by atoms with Crippen LogP contribution in [0.3, 0.4) is 0 Å². The monoisotopic (exact) mass is 180 g/mol. The molecule has 1 atom stereocenters. The van der Waals surface area contributed by atoms with E-state index in [-0.39, 0.29) is 0 Å². The van der Waals surface area contributed by atoms with Crippen LogP contribution in [0.4, 0.5) is 5.69 Å². The van der Waals surface area contributed by atoms with Gasteiger partial charge in [0.25, 0.3) is 0 Å². The number of anilines is 1. The van der Waals surface area contributed by atoms with Gasteiger partial charge in [-0.1, -0.05) is 0 Å². The average Bonchev–Trinajstić information content (AvgIpc) is 2.59. The molecule has 1 fully saturated rings. The molecule has 1 aromatic rings. The van der Waals surface area contributed by atoms with Crippen LogP contribution in [-0.4, -0.2) is 22.5 Å². The number of hydrogen-bond donors (Lipinski definition) is 1. The fourth-order valence-electron chi connectivity index (χ4n) is 1.33. The van der Waals surface area contributed by atoms with Crippen molar-refractivity contribution in [2.24, 2.45) is 0 Å². The van der Waals surface area contributed by atoms with Gasteiger partial charge in [-0.2, -0.15) is 11.8 Å². The van der Waals surface area contributed by atoms with Crippen LogP contribution in [0.15, 0.2) is 24.5 Å². The second kappa shape index (κ2) is 3.81. The van der Waals surface area contributed by atoms with Gasteiger partial charge in [0.2, 0.25) is 0 Å². The Bertz CT molecular complexity index is 232. The van der Waals surface area contributed by atoms with Crippen molar-refractivity contribution in [3.8, 4) is 0 Å². The van der Waals surface area contributed by atoms with Gasteiger partial charge in [0.05, 0.1) is 5.69 Å². The van der Waals surface area contributed by atoms with Crippen LogP contribution in [0.25, 0.3) is 0 Å². The van der Waals surface area contributed by atoms with Gasteiger partial charge in [-0.15, -0.1) is 0 Å². The first-order valence-electron chi connectivity index (χ1n) is 4.19. The highest BCUT2D eigenvalue weighted by molar-refractivity contribution is 7.99. The van der Waals surface area contributed by atoms with Crippen molar-refractivity contribution in [3.05, 3.63) is 24.5 Å². The Morgan fingerprint density at radius 2 is 2.58 bits per heavy atom. The molecule has 0 amide bonds. The number of thioether (sulfide) groups is 1. The van der Waals surface area contributed by atoms with E-state index in [0.29, 0.717) is 6.04 Å². The van der Waals surface area contributed by atoms with Crippen LogP contribution in [0.1, 0.15) is 6.42 Å². The summed E-state index contributed by atoms with van der Waals surface area (Å²) in [5.74, 6) is 2.52. The number of nitrogens with one attached hydrogen (secondary N) is 1. The first-order chi connectivity index (χ1) is 5.95. The summed E-state index contributed by atoms with van der Waals surface area (Å²) in [5, 5.41) is 3.46. The number of aromatic nitrogens is 1. The molecule has 0 bridgehead atoms. The van der Waals surface area contributed by atoms with Crippen LogP contribution in [0.2, 0.25) is 0 Å². The molecule has 1 aromatic heterocycles. The quantitative estimate of drug-likeness (QED) is 0.753. The topological polar surface area (TPSA) is 24.9 Å². The average molecular weight is 180 g/mol. The minimum atomic E-state index is 0.652. The summed E-state index contributed by atoms with van der Waals surface area (Å²) in [6, 6.07) is 4.68. The molecule has 0 spiro atoms. The maximum Gasteiger partial charge on any atom is 0.0529 e. The molecule has 1 aliphatic rings. The predicted molar refractivity (Wildman–Crippen MR) is 53.6 cm³/mol. The third-order valence-electron chi connectivity index (χ3n) is 1.96. The zero-order valence-corrected chi connectivity index (χ0v) is 7.68. The van der Waals surface area contributed by atoms with E-state index < -0.39 is 0 Å².